The minimum atomic E-state index is -0.693. The van der Waals surface area contributed by atoms with Crippen LogP contribution in [0.4, 0.5) is 0 Å². The van der Waals surface area contributed by atoms with E-state index >= 15 is 0 Å². The van der Waals surface area contributed by atoms with Gasteiger partial charge in [0.25, 0.3) is 0 Å². The van der Waals surface area contributed by atoms with Gasteiger partial charge in [0.2, 0.25) is 0 Å². The van der Waals surface area contributed by atoms with Gasteiger partial charge in [-0.25, -0.2) is 0 Å². The van der Waals surface area contributed by atoms with Gasteiger partial charge in [-0.15, -0.1) is 0 Å². The summed E-state index contributed by atoms with van der Waals surface area (Å²) in [5.74, 6) is -0.749. The SMILES string of the molecule is CCOC(C)[C@@H]1[C@@H](C(=O)O)C1(C)C. The van der Waals surface area contributed by atoms with E-state index in [-0.39, 0.29) is 23.4 Å². The van der Waals surface area contributed by atoms with Crippen molar-refractivity contribution >= 4 is 5.97 Å². The Hall–Kier alpha value is -0.570. The number of hydrogen-bond acceptors (Lipinski definition) is 2. The summed E-state index contributed by atoms with van der Waals surface area (Å²) in [4.78, 5) is 10.8. The Kier molecular flexibility index (Phi) is 2.66. The monoisotopic (exact) mass is 186 g/mol. The van der Waals surface area contributed by atoms with Gasteiger partial charge in [-0.3, -0.25) is 4.79 Å². The second kappa shape index (κ2) is 3.29. The molecule has 76 valence electrons. The molecule has 0 amide bonds. The molecule has 13 heavy (non-hydrogen) atoms. The molecule has 1 unspecified atom stereocenters. The van der Waals surface area contributed by atoms with E-state index in [1.54, 1.807) is 0 Å². The van der Waals surface area contributed by atoms with Crippen LogP contribution in [0.15, 0.2) is 0 Å². The summed E-state index contributed by atoms with van der Waals surface area (Å²) in [5.41, 5.74) is -0.0968. The van der Waals surface area contributed by atoms with E-state index in [0.717, 1.165) is 0 Å². The van der Waals surface area contributed by atoms with E-state index in [1.165, 1.54) is 0 Å². The van der Waals surface area contributed by atoms with E-state index in [9.17, 15) is 4.79 Å². The van der Waals surface area contributed by atoms with Gasteiger partial charge < -0.3 is 9.84 Å². The number of ether oxygens (including phenoxy) is 1. The van der Waals surface area contributed by atoms with Crippen LogP contribution in [0.5, 0.6) is 0 Å². The molecule has 1 aliphatic rings. The Morgan fingerprint density at radius 1 is 1.62 bits per heavy atom. The third-order valence-electron chi connectivity index (χ3n) is 3.11. The Morgan fingerprint density at radius 2 is 2.15 bits per heavy atom. The van der Waals surface area contributed by atoms with E-state index in [4.69, 9.17) is 9.84 Å². The van der Waals surface area contributed by atoms with Crippen molar-refractivity contribution < 1.29 is 14.6 Å². The summed E-state index contributed by atoms with van der Waals surface area (Å²) in [6, 6.07) is 0. The van der Waals surface area contributed by atoms with E-state index in [1.807, 2.05) is 27.7 Å². The van der Waals surface area contributed by atoms with Crippen LogP contribution in [0.1, 0.15) is 27.7 Å². The molecule has 1 N–H and O–H groups in total. The maximum Gasteiger partial charge on any atom is 0.307 e. The first kappa shape index (κ1) is 10.5. The van der Waals surface area contributed by atoms with E-state index in [0.29, 0.717) is 6.61 Å². The lowest BCUT2D eigenvalue weighted by molar-refractivity contribution is -0.139. The molecule has 1 aliphatic carbocycles. The topological polar surface area (TPSA) is 46.5 Å². The van der Waals surface area contributed by atoms with Crippen LogP contribution < -0.4 is 0 Å². The maximum absolute atomic E-state index is 10.8. The summed E-state index contributed by atoms with van der Waals surface area (Å²) in [5, 5.41) is 8.92. The molecule has 1 saturated carbocycles. The highest BCUT2D eigenvalue weighted by Crippen LogP contribution is 2.60. The molecular formula is C10H18O3. The average Bonchev–Trinajstić information content (AvgIpc) is 2.54. The molecule has 0 radical (unpaired) electrons. The molecule has 3 nitrogen and oxygen atoms in total. The minimum Gasteiger partial charge on any atom is -0.481 e. The molecule has 0 aliphatic heterocycles. The van der Waals surface area contributed by atoms with Crippen LogP contribution >= 0.6 is 0 Å². The zero-order chi connectivity index (χ0) is 10.2. The highest BCUT2D eigenvalue weighted by Gasteiger charge is 2.64. The quantitative estimate of drug-likeness (QED) is 0.727. The van der Waals surface area contributed by atoms with Crippen LogP contribution in [0, 0.1) is 17.3 Å². The predicted octanol–water partition coefficient (Wildman–Crippen LogP) is 1.77. The van der Waals surface area contributed by atoms with Gasteiger partial charge in [0.05, 0.1) is 12.0 Å². The minimum absolute atomic E-state index is 0.0566. The molecule has 3 heteroatoms. The third-order valence-corrected chi connectivity index (χ3v) is 3.11. The maximum atomic E-state index is 10.8. The van der Waals surface area contributed by atoms with Crippen LogP contribution in [-0.4, -0.2) is 23.8 Å². The van der Waals surface area contributed by atoms with Gasteiger partial charge in [0, 0.05) is 12.5 Å². The van der Waals surface area contributed by atoms with Gasteiger partial charge in [-0.05, 0) is 19.3 Å². The molecule has 0 saturated heterocycles. The second-order valence-corrected chi connectivity index (χ2v) is 4.32. The Morgan fingerprint density at radius 3 is 2.46 bits per heavy atom. The highest BCUT2D eigenvalue weighted by atomic mass is 16.5. The van der Waals surface area contributed by atoms with Gasteiger partial charge in [-0.2, -0.15) is 0 Å². The molecule has 0 aromatic rings. The average molecular weight is 186 g/mol. The van der Waals surface area contributed by atoms with Crippen LogP contribution in [0.3, 0.4) is 0 Å². The largest absolute Gasteiger partial charge is 0.481 e. The lowest BCUT2D eigenvalue weighted by Crippen LogP contribution is -2.15. The fourth-order valence-corrected chi connectivity index (χ4v) is 2.39. The first-order valence-electron chi connectivity index (χ1n) is 4.77. The van der Waals surface area contributed by atoms with E-state index in [2.05, 4.69) is 0 Å². The smallest absolute Gasteiger partial charge is 0.307 e. The van der Waals surface area contributed by atoms with Crippen molar-refractivity contribution in [3.8, 4) is 0 Å². The zero-order valence-corrected chi connectivity index (χ0v) is 8.70. The lowest BCUT2D eigenvalue weighted by atomic mass is 10.1. The van der Waals surface area contributed by atoms with Gasteiger partial charge in [0.1, 0.15) is 0 Å². The number of rotatable bonds is 4. The van der Waals surface area contributed by atoms with Crippen molar-refractivity contribution in [2.45, 2.75) is 33.8 Å². The summed E-state index contributed by atoms with van der Waals surface area (Å²) >= 11 is 0. The van der Waals surface area contributed by atoms with Crippen molar-refractivity contribution in [2.75, 3.05) is 6.61 Å². The molecule has 3 atom stereocenters. The number of aliphatic carboxylic acids is 1. The van der Waals surface area contributed by atoms with Crippen LogP contribution in [0.25, 0.3) is 0 Å². The zero-order valence-electron chi connectivity index (χ0n) is 8.70. The predicted molar refractivity (Wildman–Crippen MR) is 49.5 cm³/mol. The number of carbonyl (C=O) groups is 1. The molecule has 0 heterocycles. The molecule has 0 aromatic carbocycles. The first-order valence-corrected chi connectivity index (χ1v) is 4.77. The molecule has 1 rings (SSSR count). The molecule has 1 fully saturated rings. The number of carboxylic acid groups (broad SMARTS) is 1. The second-order valence-electron chi connectivity index (χ2n) is 4.32. The van der Waals surface area contributed by atoms with Gasteiger partial charge in [0.15, 0.2) is 0 Å². The normalized spacial score (nSPS) is 32.6. The van der Waals surface area contributed by atoms with Crippen molar-refractivity contribution in [3.63, 3.8) is 0 Å². The molecule has 0 bridgehead atoms. The van der Waals surface area contributed by atoms with Crippen LogP contribution in [0.2, 0.25) is 0 Å². The van der Waals surface area contributed by atoms with Gasteiger partial charge >= 0.3 is 5.97 Å². The van der Waals surface area contributed by atoms with Crippen LogP contribution in [-0.2, 0) is 9.53 Å². The first-order chi connectivity index (χ1) is 5.92. The van der Waals surface area contributed by atoms with Gasteiger partial charge in [-0.1, -0.05) is 13.8 Å². The van der Waals surface area contributed by atoms with Crippen molar-refractivity contribution in [3.05, 3.63) is 0 Å². The Bertz CT molecular complexity index is 210. The third kappa shape index (κ3) is 1.70. The van der Waals surface area contributed by atoms with Crippen molar-refractivity contribution in [2.24, 2.45) is 17.3 Å². The number of carboxylic acids is 1. The van der Waals surface area contributed by atoms with Crippen molar-refractivity contribution in [1.29, 1.82) is 0 Å². The fourth-order valence-electron chi connectivity index (χ4n) is 2.39. The Labute approximate surface area is 79.1 Å². The van der Waals surface area contributed by atoms with Crippen molar-refractivity contribution in [1.82, 2.24) is 0 Å². The summed E-state index contributed by atoms with van der Waals surface area (Å²) in [6.07, 6.45) is 0.0566. The fraction of sp³-hybridized carbons (Fsp3) is 0.900. The lowest BCUT2D eigenvalue weighted by Gasteiger charge is -2.12. The summed E-state index contributed by atoms with van der Waals surface area (Å²) < 4.78 is 5.42. The Balaban J connectivity index is 2.59. The molecule has 0 spiro atoms. The summed E-state index contributed by atoms with van der Waals surface area (Å²) in [7, 11) is 0. The summed E-state index contributed by atoms with van der Waals surface area (Å²) in [6.45, 7) is 8.53. The standard InChI is InChI=1S/C10H18O3/c1-5-13-6(2)7-8(9(11)12)10(7,3)4/h6-8H,5H2,1-4H3,(H,11,12)/t6?,7-,8+/m1/s1. The highest BCUT2D eigenvalue weighted by molar-refractivity contribution is 5.75. The molecular weight excluding hydrogens is 168 g/mol. The van der Waals surface area contributed by atoms with E-state index < -0.39 is 5.97 Å². The molecule has 0 aromatic heterocycles. The number of hydrogen-bond donors (Lipinski definition) is 1.